The minimum absolute atomic E-state index is 0.00283. The summed E-state index contributed by atoms with van der Waals surface area (Å²) in [4.78, 5) is 26.2. The monoisotopic (exact) mass is 416 g/mol. The number of carbonyl (C=O) groups is 1. The SMILES string of the molecule is CCCS(=O)(=O)Nc1cccc(NC(=O)c2c[nH]c3ccc([N+](=O)[O-])cc23)c1C. The summed E-state index contributed by atoms with van der Waals surface area (Å²) in [5, 5.41) is 14.2. The first kappa shape index (κ1) is 20.3. The van der Waals surface area contributed by atoms with Crippen molar-refractivity contribution in [3.63, 3.8) is 0 Å². The number of hydrogen-bond acceptors (Lipinski definition) is 5. The molecule has 1 aromatic heterocycles. The fourth-order valence-corrected chi connectivity index (χ4v) is 4.16. The topological polar surface area (TPSA) is 134 Å². The Morgan fingerprint density at radius 1 is 1.21 bits per heavy atom. The van der Waals surface area contributed by atoms with Crippen LogP contribution in [0.5, 0.6) is 0 Å². The molecule has 29 heavy (non-hydrogen) atoms. The van der Waals surface area contributed by atoms with Crippen molar-refractivity contribution in [1.29, 1.82) is 0 Å². The number of rotatable bonds is 7. The number of benzene rings is 2. The molecule has 9 nitrogen and oxygen atoms in total. The van der Waals surface area contributed by atoms with E-state index >= 15 is 0 Å². The number of nitrogens with one attached hydrogen (secondary N) is 3. The molecular formula is C19H20N4O5S. The number of hydrogen-bond donors (Lipinski definition) is 3. The van der Waals surface area contributed by atoms with Crippen molar-refractivity contribution in [2.45, 2.75) is 20.3 Å². The second-order valence-electron chi connectivity index (χ2n) is 6.54. The maximum Gasteiger partial charge on any atom is 0.270 e. The Labute approximate surface area is 167 Å². The molecule has 0 atom stereocenters. The van der Waals surface area contributed by atoms with E-state index in [2.05, 4.69) is 15.0 Å². The number of sulfonamides is 1. The third kappa shape index (κ3) is 4.37. The molecule has 0 spiro atoms. The number of carbonyl (C=O) groups excluding carboxylic acids is 1. The standard InChI is InChI=1S/C19H20N4O5S/c1-3-9-29(27,28)22-17-6-4-5-16(12(17)2)21-19(24)15-11-20-18-8-7-13(23(25)26)10-14(15)18/h4-8,10-11,20,22H,3,9H2,1-2H3,(H,21,24). The summed E-state index contributed by atoms with van der Waals surface area (Å²) in [6.45, 7) is 3.47. The van der Waals surface area contributed by atoms with E-state index in [-0.39, 0.29) is 17.0 Å². The van der Waals surface area contributed by atoms with E-state index in [1.807, 2.05) is 0 Å². The van der Waals surface area contributed by atoms with Crippen LogP contribution in [0.2, 0.25) is 0 Å². The Morgan fingerprint density at radius 3 is 2.62 bits per heavy atom. The first-order valence-electron chi connectivity index (χ1n) is 8.89. The van der Waals surface area contributed by atoms with Crippen LogP contribution in [-0.4, -0.2) is 30.0 Å². The zero-order valence-electron chi connectivity index (χ0n) is 15.9. The van der Waals surface area contributed by atoms with Crippen molar-refractivity contribution in [1.82, 2.24) is 4.98 Å². The van der Waals surface area contributed by atoms with E-state index in [0.717, 1.165) is 0 Å². The van der Waals surface area contributed by atoms with Gasteiger partial charge in [-0.05, 0) is 37.1 Å². The molecular weight excluding hydrogens is 396 g/mol. The lowest BCUT2D eigenvalue weighted by atomic mass is 10.1. The zero-order chi connectivity index (χ0) is 21.2. The Morgan fingerprint density at radius 2 is 1.93 bits per heavy atom. The van der Waals surface area contributed by atoms with Gasteiger partial charge in [0.25, 0.3) is 11.6 Å². The molecule has 1 amide bonds. The number of aromatic amines is 1. The molecule has 0 saturated carbocycles. The van der Waals surface area contributed by atoms with Crippen molar-refractivity contribution >= 4 is 43.9 Å². The minimum Gasteiger partial charge on any atom is -0.360 e. The Bertz CT molecular complexity index is 1200. The molecule has 10 heteroatoms. The van der Waals surface area contributed by atoms with E-state index in [4.69, 9.17) is 0 Å². The van der Waals surface area contributed by atoms with Crippen LogP contribution < -0.4 is 10.0 Å². The largest absolute Gasteiger partial charge is 0.360 e. The Kier molecular flexibility index (Phi) is 5.55. The fraction of sp³-hybridized carbons (Fsp3) is 0.211. The van der Waals surface area contributed by atoms with Crippen LogP contribution in [0.4, 0.5) is 17.1 Å². The summed E-state index contributed by atoms with van der Waals surface area (Å²) < 4.78 is 26.6. The summed E-state index contributed by atoms with van der Waals surface area (Å²) in [6.07, 6.45) is 1.96. The highest BCUT2D eigenvalue weighted by atomic mass is 32.2. The van der Waals surface area contributed by atoms with Gasteiger partial charge in [-0.3, -0.25) is 19.6 Å². The molecule has 0 aliphatic carbocycles. The Balaban J connectivity index is 1.90. The number of nitro groups is 1. The molecule has 3 rings (SSSR count). The third-order valence-electron chi connectivity index (χ3n) is 4.44. The predicted octanol–water partition coefficient (Wildman–Crippen LogP) is 3.79. The van der Waals surface area contributed by atoms with E-state index in [0.29, 0.717) is 34.3 Å². The van der Waals surface area contributed by atoms with Crippen molar-refractivity contribution in [3.8, 4) is 0 Å². The van der Waals surface area contributed by atoms with Gasteiger partial charge in [-0.25, -0.2) is 8.42 Å². The van der Waals surface area contributed by atoms with Gasteiger partial charge < -0.3 is 10.3 Å². The van der Waals surface area contributed by atoms with Gasteiger partial charge >= 0.3 is 0 Å². The van der Waals surface area contributed by atoms with E-state index < -0.39 is 20.9 Å². The van der Waals surface area contributed by atoms with Gasteiger partial charge in [-0.1, -0.05) is 13.0 Å². The molecule has 2 aromatic carbocycles. The van der Waals surface area contributed by atoms with Gasteiger partial charge in [0.15, 0.2) is 0 Å². The van der Waals surface area contributed by atoms with Crippen LogP contribution in [0.15, 0.2) is 42.6 Å². The Hall–Kier alpha value is -3.40. The van der Waals surface area contributed by atoms with Crippen molar-refractivity contribution < 1.29 is 18.1 Å². The first-order chi connectivity index (χ1) is 13.7. The van der Waals surface area contributed by atoms with Crippen LogP contribution in [0.1, 0.15) is 29.3 Å². The highest BCUT2D eigenvalue weighted by molar-refractivity contribution is 7.92. The highest BCUT2D eigenvalue weighted by Crippen LogP contribution is 2.27. The predicted molar refractivity (Wildman–Crippen MR) is 112 cm³/mol. The quantitative estimate of drug-likeness (QED) is 0.398. The number of nitro benzene ring substituents is 1. The maximum absolute atomic E-state index is 12.8. The van der Waals surface area contributed by atoms with Crippen LogP contribution >= 0.6 is 0 Å². The van der Waals surface area contributed by atoms with Crippen LogP contribution in [0, 0.1) is 17.0 Å². The highest BCUT2D eigenvalue weighted by Gasteiger charge is 2.18. The summed E-state index contributed by atoms with van der Waals surface area (Å²) in [5.74, 6) is -0.467. The molecule has 3 aromatic rings. The van der Waals surface area contributed by atoms with Crippen LogP contribution in [-0.2, 0) is 10.0 Å². The van der Waals surface area contributed by atoms with Gasteiger partial charge in [0.1, 0.15) is 0 Å². The number of amides is 1. The van der Waals surface area contributed by atoms with Crippen molar-refractivity contribution in [2.75, 3.05) is 15.8 Å². The van der Waals surface area contributed by atoms with Crippen LogP contribution in [0.3, 0.4) is 0 Å². The lowest BCUT2D eigenvalue weighted by Gasteiger charge is -2.14. The molecule has 152 valence electrons. The lowest BCUT2D eigenvalue weighted by Crippen LogP contribution is -2.18. The second kappa shape index (κ2) is 7.92. The average Bonchev–Trinajstić information content (AvgIpc) is 3.08. The fourth-order valence-electron chi connectivity index (χ4n) is 2.97. The minimum atomic E-state index is -3.47. The molecule has 0 aliphatic heterocycles. The summed E-state index contributed by atoms with van der Waals surface area (Å²) >= 11 is 0. The normalized spacial score (nSPS) is 11.4. The van der Waals surface area contributed by atoms with E-state index in [9.17, 15) is 23.3 Å². The van der Waals surface area contributed by atoms with Gasteiger partial charge in [-0.2, -0.15) is 0 Å². The number of nitrogens with zero attached hydrogens (tertiary/aromatic N) is 1. The van der Waals surface area contributed by atoms with Gasteiger partial charge in [-0.15, -0.1) is 0 Å². The molecule has 0 saturated heterocycles. The number of aromatic nitrogens is 1. The molecule has 0 radical (unpaired) electrons. The summed E-state index contributed by atoms with van der Waals surface area (Å²) in [5.41, 5.74) is 2.11. The lowest BCUT2D eigenvalue weighted by molar-refractivity contribution is -0.384. The number of fused-ring (bicyclic) bond motifs is 1. The average molecular weight is 416 g/mol. The number of anilines is 2. The summed E-state index contributed by atoms with van der Waals surface area (Å²) in [7, 11) is -3.47. The zero-order valence-corrected chi connectivity index (χ0v) is 16.7. The van der Waals surface area contributed by atoms with Crippen molar-refractivity contribution in [2.24, 2.45) is 0 Å². The second-order valence-corrected chi connectivity index (χ2v) is 8.38. The maximum atomic E-state index is 12.8. The number of non-ortho nitro benzene ring substituents is 1. The molecule has 3 N–H and O–H groups in total. The van der Waals surface area contributed by atoms with Crippen LogP contribution in [0.25, 0.3) is 10.9 Å². The smallest absolute Gasteiger partial charge is 0.270 e. The molecule has 0 aliphatic rings. The van der Waals surface area contributed by atoms with E-state index in [1.165, 1.54) is 18.3 Å². The van der Waals surface area contributed by atoms with E-state index in [1.54, 1.807) is 38.1 Å². The molecule has 0 unspecified atom stereocenters. The molecule has 0 bridgehead atoms. The van der Waals surface area contributed by atoms with Crippen molar-refractivity contribution in [3.05, 3.63) is 63.8 Å². The first-order valence-corrected chi connectivity index (χ1v) is 10.5. The number of H-pyrrole nitrogens is 1. The summed E-state index contributed by atoms with van der Waals surface area (Å²) in [6, 6.07) is 9.14. The van der Waals surface area contributed by atoms with Gasteiger partial charge in [0, 0.05) is 34.9 Å². The van der Waals surface area contributed by atoms with Gasteiger partial charge in [0.05, 0.1) is 21.9 Å². The molecule has 1 heterocycles. The van der Waals surface area contributed by atoms with Gasteiger partial charge in [0.2, 0.25) is 10.0 Å². The molecule has 0 fully saturated rings. The third-order valence-corrected chi connectivity index (χ3v) is 5.92.